The molecular weight excluding hydrogens is 400 g/mol. The summed E-state index contributed by atoms with van der Waals surface area (Å²) in [6.07, 6.45) is 1.02. The van der Waals surface area contributed by atoms with E-state index in [1.165, 1.54) is 0 Å². The first-order valence-corrected chi connectivity index (χ1v) is 10.5. The van der Waals surface area contributed by atoms with Crippen molar-refractivity contribution in [2.45, 2.75) is 19.4 Å². The topological polar surface area (TPSA) is 73.6 Å². The van der Waals surface area contributed by atoms with Crippen molar-refractivity contribution in [1.82, 2.24) is 10.3 Å². The van der Waals surface area contributed by atoms with Gasteiger partial charge in [0.15, 0.2) is 10.8 Å². The van der Waals surface area contributed by atoms with Crippen LogP contribution in [0.25, 0.3) is 21.0 Å². The number of hydrogen-bond acceptors (Lipinski definition) is 6. The van der Waals surface area contributed by atoms with Crippen LogP contribution in [0, 0.1) is 0 Å². The number of fused-ring (bicyclic) bond motifs is 1. The van der Waals surface area contributed by atoms with Gasteiger partial charge in [0, 0.05) is 6.42 Å². The van der Waals surface area contributed by atoms with E-state index in [0.717, 1.165) is 26.7 Å². The van der Waals surface area contributed by atoms with Crippen molar-refractivity contribution in [1.29, 1.82) is 0 Å². The molecule has 0 bridgehead atoms. The third-order valence-electron chi connectivity index (χ3n) is 4.50. The molecule has 0 fully saturated rings. The predicted molar refractivity (Wildman–Crippen MR) is 117 cm³/mol. The second-order valence-electron chi connectivity index (χ2n) is 6.66. The number of amides is 1. The third kappa shape index (κ3) is 4.99. The minimum Gasteiger partial charge on any atom is -0.497 e. The number of nitrogens with zero attached hydrogens (tertiary/aromatic N) is 1. The molecule has 2 heterocycles. The van der Waals surface area contributed by atoms with E-state index in [2.05, 4.69) is 10.3 Å². The minimum atomic E-state index is -0.0359. The fourth-order valence-electron chi connectivity index (χ4n) is 2.93. The second-order valence-corrected chi connectivity index (χ2v) is 7.69. The number of carbonyl (C=O) groups is 1. The highest BCUT2D eigenvalue weighted by Crippen LogP contribution is 2.31. The Bertz CT molecular complexity index is 1080. The Kier molecular flexibility index (Phi) is 6.29. The maximum atomic E-state index is 12.1. The van der Waals surface area contributed by atoms with Gasteiger partial charge >= 0.3 is 0 Å². The number of ether oxygens (including phenoxy) is 2. The lowest BCUT2D eigenvalue weighted by Crippen LogP contribution is -2.22. The Morgan fingerprint density at radius 2 is 1.87 bits per heavy atom. The Labute approximate surface area is 178 Å². The average Bonchev–Trinajstić information content (AvgIpc) is 3.42. The molecule has 0 aliphatic rings. The molecule has 0 unspecified atom stereocenters. The average molecular weight is 423 g/mol. The van der Waals surface area contributed by atoms with Crippen LogP contribution in [-0.2, 0) is 11.3 Å². The first-order chi connectivity index (χ1) is 14.7. The van der Waals surface area contributed by atoms with E-state index in [1.54, 1.807) is 18.4 Å². The van der Waals surface area contributed by atoms with Gasteiger partial charge in [0.2, 0.25) is 5.91 Å². The van der Waals surface area contributed by atoms with Gasteiger partial charge in [0.25, 0.3) is 0 Å². The van der Waals surface area contributed by atoms with Crippen molar-refractivity contribution in [3.8, 4) is 22.3 Å². The number of rotatable bonds is 9. The van der Waals surface area contributed by atoms with Gasteiger partial charge in [-0.1, -0.05) is 12.1 Å². The SMILES string of the molecule is COc1ccc(OCCCC(=O)NCc2ccc(-c3nc4ccccc4s3)o2)cc1. The molecule has 0 saturated carbocycles. The molecule has 7 heteroatoms. The van der Waals surface area contributed by atoms with Gasteiger partial charge in [-0.3, -0.25) is 4.79 Å². The maximum Gasteiger partial charge on any atom is 0.220 e. The molecule has 2 aromatic heterocycles. The van der Waals surface area contributed by atoms with Crippen LogP contribution < -0.4 is 14.8 Å². The van der Waals surface area contributed by atoms with Crippen LogP contribution in [-0.4, -0.2) is 24.6 Å². The van der Waals surface area contributed by atoms with Gasteiger partial charge in [-0.05, 0) is 55.0 Å². The zero-order valence-corrected chi connectivity index (χ0v) is 17.4. The van der Waals surface area contributed by atoms with Gasteiger partial charge < -0.3 is 19.2 Å². The lowest BCUT2D eigenvalue weighted by atomic mass is 10.3. The van der Waals surface area contributed by atoms with Crippen LogP contribution in [0.4, 0.5) is 0 Å². The summed E-state index contributed by atoms with van der Waals surface area (Å²) in [6, 6.07) is 19.1. The molecule has 0 spiro atoms. The summed E-state index contributed by atoms with van der Waals surface area (Å²) in [7, 11) is 1.62. The van der Waals surface area contributed by atoms with Crippen molar-refractivity contribution in [2.75, 3.05) is 13.7 Å². The molecule has 4 rings (SSSR count). The van der Waals surface area contributed by atoms with E-state index >= 15 is 0 Å². The van der Waals surface area contributed by atoms with Crippen LogP contribution in [0.15, 0.2) is 65.1 Å². The summed E-state index contributed by atoms with van der Waals surface area (Å²) in [4.78, 5) is 16.7. The Hall–Kier alpha value is -3.32. The van der Waals surface area contributed by atoms with E-state index in [9.17, 15) is 4.79 Å². The highest BCUT2D eigenvalue weighted by Gasteiger charge is 2.11. The Balaban J connectivity index is 1.20. The molecule has 30 heavy (non-hydrogen) atoms. The zero-order valence-electron chi connectivity index (χ0n) is 16.6. The largest absolute Gasteiger partial charge is 0.497 e. The number of para-hydroxylation sites is 1. The lowest BCUT2D eigenvalue weighted by molar-refractivity contribution is -0.121. The molecular formula is C23H22N2O4S. The van der Waals surface area contributed by atoms with Crippen molar-refractivity contribution >= 4 is 27.5 Å². The smallest absolute Gasteiger partial charge is 0.220 e. The summed E-state index contributed by atoms with van der Waals surface area (Å²) in [5.74, 6) is 2.92. The van der Waals surface area contributed by atoms with Crippen LogP contribution in [0.3, 0.4) is 0 Å². The molecule has 0 atom stereocenters. The number of nitrogens with one attached hydrogen (secondary N) is 1. The quantitative estimate of drug-likeness (QED) is 0.383. The van der Waals surface area contributed by atoms with E-state index in [1.807, 2.05) is 60.7 Å². The monoisotopic (exact) mass is 422 g/mol. The zero-order chi connectivity index (χ0) is 20.8. The van der Waals surface area contributed by atoms with E-state index in [0.29, 0.717) is 37.5 Å². The maximum absolute atomic E-state index is 12.1. The summed E-state index contributed by atoms with van der Waals surface area (Å²) in [6.45, 7) is 0.825. The lowest BCUT2D eigenvalue weighted by Gasteiger charge is -2.07. The molecule has 154 valence electrons. The molecule has 2 aromatic carbocycles. The highest BCUT2D eigenvalue weighted by atomic mass is 32.1. The number of aromatic nitrogens is 1. The Morgan fingerprint density at radius 3 is 2.67 bits per heavy atom. The number of hydrogen-bond donors (Lipinski definition) is 1. The van der Waals surface area contributed by atoms with Crippen molar-refractivity contribution < 1.29 is 18.7 Å². The van der Waals surface area contributed by atoms with Crippen LogP contribution >= 0.6 is 11.3 Å². The summed E-state index contributed by atoms with van der Waals surface area (Å²) >= 11 is 1.59. The Morgan fingerprint density at radius 1 is 1.07 bits per heavy atom. The molecule has 1 amide bonds. The third-order valence-corrected chi connectivity index (χ3v) is 5.55. The van der Waals surface area contributed by atoms with Crippen LogP contribution in [0.5, 0.6) is 11.5 Å². The number of benzene rings is 2. The standard InChI is InChI=1S/C23H22N2O4S/c1-27-16-8-10-17(11-9-16)28-14-4-7-22(26)24-15-18-12-13-20(29-18)23-25-19-5-2-3-6-21(19)30-23/h2-3,5-6,8-13H,4,7,14-15H2,1H3,(H,24,26). The molecule has 0 radical (unpaired) electrons. The first kappa shape index (κ1) is 20.0. The number of furan rings is 1. The fraction of sp³-hybridized carbons (Fsp3) is 0.217. The number of methoxy groups -OCH3 is 1. The van der Waals surface area contributed by atoms with E-state index in [4.69, 9.17) is 13.9 Å². The molecule has 0 saturated heterocycles. The normalized spacial score (nSPS) is 10.8. The van der Waals surface area contributed by atoms with E-state index < -0.39 is 0 Å². The number of thiazole rings is 1. The van der Waals surface area contributed by atoms with Gasteiger partial charge in [0.1, 0.15) is 17.3 Å². The molecule has 0 aliphatic carbocycles. The molecule has 6 nitrogen and oxygen atoms in total. The van der Waals surface area contributed by atoms with E-state index in [-0.39, 0.29) is 5.91 Å². The summed E-state index contributed by atoms with van der Waals surface area (Å²) < 4.78 is 17.7. The van der Waals surface area contributed by atoms with Crippen molar-refractivity contribution in [3.63, 3.8) is 0 Å². The molecule has 4 aromatic rings. The minimum absolute atomic E-state index is 0.0359. The number of carbonyl (C=O) groups excluding carboxylic acids is 1. The van der Waals surface area contributed by atoms with Gasteiger partial charge in [-0.15, -0.1) is 11.3 Å². The first-order valence-electron chi connectivity index (χ1n) is 9.69. The highest BCUT2D eigenvalue weighted by molar-refractivity contribution is 7.21. The second kappa shape index (κ2) is 9.45. The van der Waals surface area contributed by atoms with Gasteiger partial charge in [-0.25, -0.2) is 4.98 Å². The van der Waals surface area contributed by atoms with Gasteiger partial charge in [0.05, 0.1) is 30.5 Å². The summed E-state index contributed by atoms with van der Waals surface area (Å²) in [5.41, 5.74) is 0.959. The van der Waals surface area contributed by atoms with Crippen molar-refractivity contribution in [2.24, 2.45) is 0 Å². The van der Waals surface area contributed by atoms with Crippen molar-refractivity contribution in [3.05, 3.63) is 66.4 Å². The predicted octanol–water partition coefficient (Wildman–Crippen LogP) is 5.04. The molecule has 1 N–H and O–H groups in total. The van der Waals surface area contributed by atoms with Crippen LogP contribution in [0.2, 0.25) is 0 Å². The van der Waals surface area contributed by atoms with Gasteiger partial charge in [-0.2, -0.15) is 0 Å². The molecule has 0 aliphatic heterocycles. The fourth-order valence-corrected chi connectivity index (χ4v) is 3.86. The summed E-state index contributed by atoms with van der Waals surface area (Å²) in [5, 5.41) is 3.72. The van der Waals surface area contributed by atoms with Crippen LogP contribution in [0.1, 0.15) is 18.6 Å².